The normalized spacial score (nSPS) is 13.6. The molecule has 1 aromatic carbocycles. The van der Waals surface area contributed by atoms with Crippen LogP contribution in [0.2, 0.25) is 0 Å². The molecule has 2 aromatic rings. The zero-order valence-corrected chi connectivity index (χ0v) is 20.7. The molecule has 1 heterocycles. The summed E-state index contributed by atoms with van der Waals surface area (Å²) in [5, 5.41) is 9.53. The Bertz CT molecular complexity index is 821. The van der Waals surface area contributed by atoms with Gasteiger partial charge in [0.15, 0.2) is 5.96 Å². The minimum Gasteiger partial charge on any atom is -0.468 e. The average molecular weight is 539 g/mol. The monoisotopic (exact) mass is 539 g/mol. The number of guanidine groups is 1. The highest BCUT2D eigenvalue weighted by molar-refractivity contribution is 14.0. The smallest absolute Gasteiger partial charge is 0.223 e. The summed E-state index contributed by atoms with van der Waals surface area (Å²) in [6.45, 7) is 6.27. The molecule has 0 radical (unpaired) electrons. The summed E-state index contributed by atoms with van der Waals surface area (Å²) in [6.07, 6.45) is 3.76. The maximum atomic E-state index is 11.7. The van der Waals surface area contributed by atoms with Gasteiger partial charge in [-0.2, -0.15) is 0 Å². The molecule has 0 atom stereocenters. The van der Waals surface area contributed by atoms with Crippen LogP contribution < -0.4 is 16.0 Å². The Labute approximate surface area is 202 Å². The van der Waals surface area contributed by atoms with Gasteiger partial charge in [0.1, 0.15) is 5.76 Å². The van der Waals surface area contributed by atoms with Gasteiger partial charge >= 0.3 is 0 Å². The van der Waals surface area contributed by atoms with E-state index in [-0.39, 0.29) is 35.8 Å². The first-order valence-electron chi connectivity index (χ1n) is 10.7. The highest BCUT2D eigenvalue weighted by atomic mass is 127. The SMILES string of the molecule is CCNC(=NCc1ccccc1CN(C)Cc1ccco1)NCCNC(=O)C1CC1.I. The summed E-state index contributed by atoms with van der Waals surface area (Å²) in [5.41, 5.74) is 2.45. The third kappa shape index (κ3) is 8.90. The highest BCUT2D eigenvalue weighted by Crippen LogP contribution is 2.28. The van der Waals surface area contributed by atoms with E-state index in [1.165, 1.54) is 11.1 Å². The van der Waals surface area contributed by atoms with Crippen molar-refractivity contribution < 1.29 is 9.21 Å². The Morgan fingerprint density at radius 3 is 2.48 bits per heavy atom. The zero-order chi connectivity index (χ0) is 21.2. The number of amides is 1. The van der Waals surface area contributed by atoms with Crippen molar-refractivity contribution >= 4 is 35.8 Å². The molecule has 1 fully saturated rings. The molecule has 1 amide bonds. The second kappa shape index (κ2) is 13.4. The summed E-state index contributed by atoms with van der Waals surface area (Å²) < 4.78 is 5.45. The van der Waals surface area contributed by atoms with Crippen LogP contribution in [0.1, 0.15) is 36.7 Å². The van der Waals surface area contributed by atoms with Crippen LogP contribution in [-0.2, 0) is 24.4 Å². The van der Waals surface area contributed by atoms with Gasteiger partial charge < -0.3 is 20.4 Å². The van der Waals surface area contributed by atoms with Gasteiger partial charge in [0.25, 0.3) is 0 Å². The lowest BCUT2D eigenvalue weighted by Gasteiger charge is -2.18. The fourth-order valence-corrected chi connectivity index (χ4v) is 3.24. The van der Waals surface area contributed by atoms with Crippen molar-refractivity contribution in [3.05, 3.63) is 59.5 Å². The first-order chi connectivity index (χ1) is 14.7. The molecule has 1 aliphatic carbocycles. The molecule has 8 heteroatoms. The fourth-order valence-electron chi connectivity index (χ4n) is 3.24. The molecule has 1 aromatic heterocycles. The van der Waals surface area contributed by atoms with Gasteiger partial charge in [-0.15, -0.1) is 24.0 Å². The Morgan fingerprint density at radius 2 is 1.81 bits per heavy atom. The minimum atomic E-state index is 0. The summed E-state index contributed by atoms with van der Waals surface area (Å²) in [7, 11) is 2.09. The van der Waals surface area contributed by atoms with Crippen LogP contribution in [0.3, 0.4) is 0 Å². The Balaban J connectivity index is 0.00000341. The van der Waals surface area contributed by atoms with Crippen LogP contribution in [0, 0.1) is 5.92 Å². The number of hydrogen-bond acceptors (Lipinski definition) is 4. The number of furan rings is 1. The molecule has 170 valence electrons. The van der Waals surface area contributed by atoms with E-state index in [4.69, 9.17) is 9.41 Å². The van der Waals surface area contributed by atoms with Crippen LogP contribution in [0.5, 0.6) is 0 Å². The molecular weight excluding hydrogens is 505 g/mol. The topological polar surface area (TPSA) is 81.9 Å². The van der Waals surface area contributed by atoms with Gasteiger partial charge in [-0.05, 0) is 50.1 Å². The zero-order valence-electron chi connectivity index (χ0n) is 18.4. The van der Waals surface area contributed by atoms with Crippen molar-refractivity contribution in [1.29, 1.82) is 0 Å². The molecule has 0 bridgehead atoms. The summed E-state index contributed by atoms with van der Waals surface area (Å²) >= 11 is 0. The Morgan fingerprint density at radius 1 is 1.06 bits per heavy atom. The largest absolute Gasteiger partial charge is 0.468 e. The number of hydrogen-bond donors (Lipinski definition) is 3. The van der Waals surface area contributed by atoms with E-state index in [0.29, 0.717) is 19.6 Å². The number of rotatable bonds is 11. The molecule has 3 rings (SSSR count). The molecule has 0 unspecified atom stereocenters. The first kappa shape index (κ1) is 25.2. The minimum absolute atomic E-state index is 0. The van der Waals surface area contributed by atoms with Gasteiger partial charge in [0, 0.05) is 32.1 Å². The molecule has 0 aliphatic heterocycles. The number of halogens is 1. The molecule has 0 spiro atoms. The number of carbonyl (C=O) groups excluding carboxylic acids is 1. The highest BCUT2D eigenvalue weighted by Gasteiger charge is 2.28. The number of aliphatic imine (C=N–C) groups is 1. The van der Waals surface area contributed by atoms with E-state index in [2.05, 4.69) is 52.2 Å². The molecule has 1 aliphatic rings. The molecule has 31 heavy (non-hydrogen) atoms. The van der Waals surface area contributed by atoms with Crippen LogP contribution in [-0.4, -0.2) is 43.4 Å². The number of carbonyl (C=O) groups is 1. The quantitative estimate of drug-likeness (QED) is 0.177. The maximum absolute atomic E-state index is 11.7. The van der Waals surface area contributed by atoms with E-state index in [9.17, 15) is 4.79 Å². The van der Waals surface area contributed by atoms with Gasteiger partial charge in [-0.3, -0.25) is 9.69 Å². The summed E-state index contributed by atoms with van der Waals surface area (Å²) in [4.78, 5) is 18.7. The molecule has 7 nitrogen and oxygen atoms in total. The molecule has 1 saturated carbocycles. The van der Waals surface area contributed by atoms with Gasteiger partial charge in [0.05, 0.1) is 19.4 Å². The summed E-state index contributed by atoms with van der Waals surface area (Å²) in [5.74, 6) is 2.14. The Hall–Kier alpha value is -2.07. The van der Waals surface area contributed by atoms with Crippen molar-refractivity contribution in [1.82, 2.24) is 20.9 Å². The predicted molar refractivity (Wildman–Crippen MR) is 134 cm³/mol. The second-order valence-corrected chi connectivity index (χ2v) is 7.71. The molecule has 3 N–H and O–H groups in total. The molecule has 0 saturated heterocycles. The summed E-state index contributed by atoms with van der Waals surface area (Å²) in [6, 6.07) is 12.3. The van der Waals surface area contributed by atoms with Crippen molar-refractivity contribution in [2.75, 3.05) is 26.7 Å². The van der Waals surface area contributed by atoms with Crippen molar-refractivity contribution in [3.8, 4) is 0 Å². The van der Waals surface area contributed by atoms with Gasteiger partial charge in [-0.25, -0.2) is 4.99 Å². The van der Waals surface area contributed by atoms with E-state index < -0.39 is 0 Å². The van der Waals surface area contributed by atoms with Crippen molar-refractivity contribution in [2.45, 2.75) is 39.4 Å². The van der Waals surface area contributed by atoms with E-state index in [0.717, 1.165) is 44.2 Å². The number of nitrogens with zero attached hydrogens (tertiary/aromatic N) is 2. The lowest BCUT2D eigenvalue weighted by Crippen LogP contribution is -2.41. The third-order valence-corrected chi connectivity index (χ3v) is 4.98. The molecular formula is C23H34IN5O2. The fraction of sp³-hybridized carbons (Fsp3) is 0.478. The number of benzene rings is 1. The van der Waals surface area contributed by atoms with Crippen LogP contribution >= 0.6 is 24.0 Å². The first-order valence-corrected chi connectivity index (χ1v) is 10.7. The lowest BCUT2D eigenvalue weighted by atomic mass is 10.1. The average Bonchev–Trinajstić information content (AvgIpc) is 3.47. The van der Waals surface area contributed by atoms with Crippen molar-refractivity contribution in [2.24, 2.45) is 10.9 Å². The lowest BCUT2D eigenvalue weighted by molar-refractivity contribution is -0.122. The maximum Gasteiger partial charge on any atom is 0.223 e. The van der Waals surface area contributed by atoms with Crippen molar-refractivity contribution in [3.63, 3.8) is 0 Å². The van der Waals surface area contributed by atoms with E-state index >= 15 is 0 Å². The van der Waals surface area contributed by atoms with Gasteiger partial charge in [-0.1, -0.05) is 24.3 Å². The van der Waals surface area contributed by atoms with E-state index in [1.54, 1.807) is 6.26 Å². The van der Waals surface area contributed by atoms with E-state index in [1.807, 2.05) is 19.1 Å². The van der Waals surface area contributed by atoms with Gasteiger partial charge in [0.2, 0.25) is 5.91 Å². The standard InChI is InChI=1S/C23H33N5O2.HI/c1-3-24-23(26-13-12-25-22(29)18-10-11-18)27-15-19-7-4-5-8-20(19)16-28(2)17-21-9-6-14-30-21;/h4-9,14,18H,3,10-13,15-17H2,1-2H3,(H,25,29)(H2,24,26,27);1H. The predicted octanol–water partition coefficient (Wildman–Crippen LogP) is 3.11. The number of nitrogens with one attached hydrogen (secondary N) is 3. The second-order valence-electron chi connectivity index (χ2n) is 7.71. The third-order valence-electron chi connectivity index (χ3n) is 4.98. The van der Waals surface area contributed by atoms with Crippen LogP contribution in [0.25, 0.3) is 0 Å². The Kier molecular flexibility index (Phi) is 10.9. The van der Waals surface area contributed by atoms with Crippen LogP contribution in [0.15, 0.2) is 52.1 Å². The van der Waals surface area contributed by atoms with Crippen LogP contribution in [0.4, 0.5) is 0 Å².